The molecular formula is C7H19NO2Si. The van der Waals surface area contributed by atoms with Crippen LogP contribution in [0.2, 0.25) is 0 Å². The van der Waals surface area contributed by atoms with Gasteiger partial charge >= 0.3 is 0 Å². The van der Waals surface area contributed by atoms with Gasteiger partial charge in [0.2, 0.25) is 0 Å². The molecule has 4 heteroatoms. The quantitative estimate of drug-likeness (QED) is 0.452. The SMILES string of the molecule is CCOC(OCC)[SiH2]C(C)N. The summed E-state index contributed by atoms with van der Waals surface area (Å²) < 4.78 is 10.7. The van der Waals surface area contributed by atoms with E-state index in [0.29, 0.717) is 13.2 Å². The molecule has 1 unspecified atom stereocenters. The molecule has 0 aliphatic carbocycles. The van der Waals surface area contributed by atoms with Gasteiger partial charge < -0.3 is 15.2 Å². The summed E-state index contributed by atoms with van der Waals surface area (Å²) >= 11 is 0. The first-order valence-corrected chi connectivity index (χ1v) is 5.82. The highest BCUT2D eigenvalue weighted by Crippen LogP contribution is 1.94. The van der Waals surface area contributed by atoms with Gasteiger partial charge in [0.15, 0.2) is 0 Å². The predicted octanol–water partition coefficient (Wildman–Crippen LogP) is -0.184. The van der Waals surface area contributed by atoms with Crippen LogP contribution >= 0.6 is 0 Å². The van der Waals surface area contributed by atoms with Crippen LogP contribution in [0.1, 0.15) is 20.8 Å². The van der Waals surface area contributed by atoms with E-state index in [-0.39, 0.29) is 11.6 Å². The standard InChI is InChI=1S/C7H19NO2Si/c1-4-9-7(10-5-2)11-6(3)8/h6-7H,4-5,8,11H2,1-3H3. The van der Waals surface area contributed by atoms with Gasteiger partial charge in [0.1, 0.15) is 15.4 Å². The fourth-order valence-corrected chi connectivity index (χ4v) is 2.21. The predicted molar refractivity (Wildman–Crippen MR) is 49.2 cm³/mol. The molecule has 0 aliphatic rings. The van der Waals surface area contributed by atoms with E-state index >= 15 is 0 Å². The minimum absolute atomic E-state index is 0.0185. The van der Waals surface area contributed by atoms with Crippen molar-refractivity contribution in [1.82, 2.24) is 0 Å². The first-order chi connectivity index (χ1) is 5.20. The summed E-state index contributed by atoms with van der Waals surface area (Å²) in [5, 5.41) is 0. The Hall–Kier alpha value is 0.0969. The van der Waals surface area contributed by atoms with E-state index < -0.39 is 9.52 Å². The smallest absolute Gasteiger partial charge is 0.136 e. The molecule has 0 heterocycles. The van der Waals surface area contributed by atoms with Crippen LogP contribution in [0.15, 0.2) is 0 Å². The minimum atomic E-state index is -0.429. The van der Waals surface area contributed by atoms with E-state index in [2.05, 4.69) is 0 Å². The van der Waals surface area contributed by atoms with Gasteiger partial charge in [-0.05, 0) is 19.5 Å². The van der Waals surface area contributed by atoms with E-state index in [1.165, 1.54) is 0 Å². The van der Waals surface area contributed by atoms with Gasteiger partial charge in [-0.2, -0.15) is 0 Å². The van der Waals surface area contributed by atoms with Gasteiger partial charge in [0.05, 0.1) is 0 Å². The zero-order valence-corrected chi connectivity index (χ0v) is 9.08. The van der Waals surface area contributed by atoms with Crippen molar-refractivity contribution >= 4 is 9.52 Å². The summed E-state index contributed by atoms with van der Waals surface area (Å²) in [5.41, 5.74) is 5.93. The fourth-order valence-electron chi connectivity index (χ4n) is 0.860. The molecule has 1 atom stereocenters. The van der Waals surface area contributed by atoms with Crippen molar-refractivity contribution in [3.63, 3.8) is 0 Å². The third-order valence-electron chi connectivity index (χ3n) is 1.27. The zero-order valence-electron chi connectivity index (χ0n) is 7.67. The first-order valence-electron chi connectivity index (χ1n) is 4.19. The molecule has 0 bridgehead atoms. The Kier molecular flexibility index (Phi) is 6.85. The lowest BCUT2D eigenvalue weighted by molar-refractivity contribution is -0.0832. The third kappa shape index (κ3) is 6.49. The van der Waals surface area contributed by atoms with Gasteiger partial charge in [0, 0.05) is 13.2 Å². The Labute approximate surface area is 71.1 Å². The Morgan fingerprint density at radius 3 is 2.00 bits per heavy atom. The summed E-state index contributed by atoms with van der Waals surface area (Å²) in [6.07, 6.45) is 0. The molecule has 0 aliphatic heterocycles. The Bertz CT molecular complexity index is 84.5. The number of hydrogen-bond acceptors (Lipinski definition) is 3. The number of nitrogens with two attached hydrogens (primary N) is 1. The molecule has 0 fully saturated rings. The Morgan fingerprint density at radius 2 is 1.73 bits per heavy atom. The topological polar surface area (TPSA) is 44.5 Å². The molecular weight excluding hydrogens is 158 g/mol. The maximum atomic E-state index is 5.66. The third-order valence-corrected chi connectivity index (χ3v) is 2.87. The average molecular weight is 177 g/mol. The highest BCUT2D eigenvalue weighted by molar-refractivity contribution is 6.38. The molecule has 0 aromatic heterocycles. The summed E-state index contributed by atoms with van der Waals surface area (Å²) in [7, 11) is -0.429. The van der Waals surface area contributed by atoms with Gasteiger partial charge in [-0.25, -0.2) is 0 Å². The van der Waals surface area contributed by atoms with Crippen LogP contribution in [-0.4, -0.2) is 34.3 Å². The van der Waals surface area contributed by atoms with Gasteiger partial charge in [-0.3, -0.25) is 0 Å². The summed E-state index contributed by atoms with van der Waals surface area (Å²) in [6.45, 7) is 7.38. The normalized spacial score (nSPS) is 15.0. The van der Waals surface area contributed by atoms with E-state index in [4.69, 9.17) is 15.2 Å². The molecule has 0 aromatic rings. The van der Waals surface area contributed by atoms with Crippen molar-refractivity contribution in [2.24, 2.45) is 5.73 Å². The molecule has 0 radical (unpaired) electrons. The average Bonchev–Trinajstić information content (AvgIpc) is 1.87. The second-order valence-corrected chi connectivity index (χ2v) is 4.98. The van der Waals surface area contributed by atoms with E-state index in [1.54, 1.807) is 0 Å². The fraction of sp³-hybridized carbons (Fsp3) is 1.00. The van der Waals surface area contributed by atoms with Crippen molar-refractivity contribution in [3.8, 4) is 0 Å². The maximum Gasteiger partial charge on any atom is 0.136 e. The monoisotopic (exact) mass is 177 g/mol. The number of hydrogen-bond donors (Lipinski definition) is 1. The van der Waals surface area contributed by atoms with Gasteiger partial charge in [-0.15, -0.1) is 0 Å². The van der Waals surface area contributed by atoms with Crippen LogP contribution in [0.25, 0.3) is 0 Å². The maximum absolute atomic E-state index is 5.66. The molecule has 0 saturated carbocycles. The summed E-state index contributed by atoms with van der Waals surface area (Å²) in [5.74, 6) is 0.0185. The summed E-state index contributed by atoms with van der Waals surface area (Å²) in [4.78, 5) is 0. The van der Waals surface area contributed by atoms with Crippen molar-refractivity contribution in [1.29, 1.82) is 0 Å². The molecule has 68 valence electrons. The lowest BCUT2D eigenvalue weighted by Gasteiger charge is -2.17. The largest absolute Gasteiger partial charge is 0.357 e. The lowest BCUT2D eigenvalue weighted by atomic mass is 10.8. The second kappa shape index (κ2) is 6.79. The first kappa shape index (κ1) is 11.1. The molecule has 3 nitrogen and oxygen atoms in total. The molecule has 0 rings (SSSR count). The van der Waals surface area contributed by atoms with Gasteiger partial charge in [-0.1, -0.05) is 6.92 Å². The molecule has 0 spiro atoms. The van der Waals surface area contributed by atoms with Crippen molar-refractivity contribution < 1.29 is 9.47 Å². The number of ether oxygens (including phenoxy) is 2. The molecule has 0 amide bonds. The van der Waals surface area contributed by atoms with Gasteiger partial charge in [0.25, 0.3) is 0 Å². The summed E-state index contributed by atoms with van der Waals surface area (Å²) in [6, 6.07) is 0. The molecule has 0 aromatic carbocycles. The lowest BCUT2D eigenvalue weighted by Crippen LogP contribution is -2.36. The van der Waals surface area contributed by atoms with Crippen molar-refractivity contribution in [2.75, 3.05) is 13.2 Å². The van der Waals surface area contributed by atoms with Crippen LogP contribution in [0.4, 0.5) is 0 Å². The van der Waals surface area contributed by atoms with Crippen LogP contribution < -0.4 is 5.73 Å². The van der Waals surface area contributed by atoms with Crippen LogP contribution in [-0.2, 0) is 9.47 Å². The van der Waals surface area contributed by atoms with Crippen LogP contribution in [0, 0.1) is 0 Å². The molecule has 2 N–H and O–H groups in total. The Morgan fingerprint density at radius 1 is 1.27 bits per heavy atom. The molecule has 0 saturated heterocycles. The van der Waals surface area contributed by atoms with Crippen LogP contribution in [0.3, 0.4) is 0 Å². The molecule has 11 heavy (non-hydrogen) atoms. The van der Waals surface area contributed by atoms with E-state index in [0.717, 1.165) is 0 Å². The zero-order chi connectivity index (χ0) is 8.69. The van der Waals surface area contributed by atoms with Crippen LogP contribution in [0.5, 0.6) is 0 Å². The Balaban J connectivity index is 3.50. The van der Waals surface area contributed by atoms with E-state index in [1.807, 2.05) is 20.8 Å². The van der Waals surface area contributed by atoms with Crippen molar-refractivity contribution in [3.05, 3.63) is 0 Å². The highest BCUT2D eigenvalue weighted by atomic mass is 28.2. The second-order valence-electron chi connectivity index (χ2n) is 2.55. The van der Waals surface area contributed by atoms with E-state index in [9.17, 15) is 0 Å². The highest BCUT2D eigenvalue weighted by Gasteiger charge is 2.10. The minimum Gasteiger partial charge on any atom is -0.357 e. The van der Waals surface area contributed by atoms with Crippen molar-refractivity contribution in [2.45, 2.75) is 32.3 Å². The number of rotatable bonds is 6.